The fourth-order valence-corrected chi connectivity index (χ4v) is 1.85. The summed E-state index contributed by atoms with van der Waals surface area (Å²) in [4.78, 5) is 24.4. The summed E-state index contributed by atoms with van der Waals surface area (Å²) in [6.07, 6.45) is 2.93. The summed E-state index contributed by atoms with van der Waals surface area (Å²) < 4.78 is 0. The van der Waals surface area contributed by atoms with Crippen LogP contribution < -0.4 is 5.32 Å². The van der Waals surface area contributed by atoms with Crippen molar-refractivity contribution in [2.45, 2.75) is 13.3 Å². The summed E-state index contributed by atoms with van der Waals surface area (Å²) in [6.45, 7) is 3.38. The Morgan fingerprint density at radius 1 is 1.26 bits per heavy atom. The molecular weight excluding hydrogens is 244 g/mol. The molecule has 1 heterocycles. The van der Waals surface area contributed by atoms with E-state index in [4.69, 9.17) is 5.11 Å². The number of carbonyl (C=O) groups is 2. The van der Waals surface area contributed by atoms with E-state index in [0.717, 1.165) is 6.42 Å². The quantitative estimate of drug-likeness (QED) is 0.803. The van der Waals surface area contributed by atoms with Gasteiger partial charge in [0.15, 0.2) is 0 Å². The van der Waals surface area contributed by atoms with Crippen molar-refractivity contribution >= 4 is 17.7 Å². The number of nitrogens with one attached hydrogen (secondary N) is 1. The second kappa shape index (κ2) is 5.56. The average molecular weight is 260 g/mol. The molecule has 0 radical (unpaired) electrons. The Balaban J connectivity index is 1.97. The summed E-state index contributed by atoms with van der Waals surface area (Å²) in [5, 5.41) is 11.5. The number of nitrogens with zero attached hydrogens (tertiary/aromatic N) is 1. The molecule has 0 bridgehead atoms. The van der Waals surface area contributed by atoms with Crippen LogP contribution in [0.5, 0.6) is 0 Å². The van der Waals surface area contributed by atoms with E-state index in [1.165, 1.54) is 17.7 Å². The van der Waals surface area contributed by atoms with Crippen LogP contribution in [-0.4, -0.2) is 35.1 Å². The number of amides is 2. The number of aromatic carboxylic acids is 1. The topological polar surface area (TPSA) is 69.6 Å². The number of carbonyl (C=O) groups excluding carboxylic acids is 1. The smallest absolute Gasteiger partial charge is 0.335 e. The number of rotatable bonds is 2. The van der Waals surface area contributed by atoms with Gasteiger partial charge in [-0.2, -0.15) is 0 Å². The van der Waals surface area contributed by atoms with Gasteiger partial charge >= 0.3 is 12.0 Å². The van der Waals surface area contributed by atoms with Crippen LogP contribution >= 0.6 is 0 Å². The number of hydrogen-bond acceptors (Lipinski definition) is 2. The molecule has 0 aliphatic carbocycles. The third-order valence-corrected chi connectivity index (χ3v) is 3.11. The lowest BCUT2D eigenvalue weighted by Gasteiger charge is -2.25. The monoisotopic (exact) mass is 260 g/mol. The van der Waals surface area contributed by atoms with Crippen LogP contribution in [0, 0.1) is 0 Å². The van der Waals surface area contributed by atoms with Gasteiger partial charge in [-0.3, -0.25) is 0 Å². The van der Waals surface area contributed by atoms with E-state index in [-0.39, 0.29) is 11.6 Å². The molecule has 2 N–H and O–H groups in total. The van der Waals surface area contributed by atoms with Gasteiger partial charge in [0.25, 0.3) is 0 Å². The van der Waals surface area contributed by atoms with Gasteiger partial charge in [0.05, 0.1) is 5.56 Å². The van der Waals surface area contributed by atoms with Gasteiger partial charge in [0.1, 0.15) is 0 Å². The van der Waals surface area contributed by atoms with Crippen LogP contribution in [0.1, 0.15) is 23.7 Å². The van der Waals surface area contributed by atoms with Crippen molar-refractivity contribution in [2.75, 3.05) is 18.4 Å². The molecule has 2 rings (SSSR count). The molecule has 0 saturated heterocycles. The molecule has 0 atom stereocenters. The van der Waals surface area contributed by atoms with Crippen molar-refractivity contribution in [2.24, 2.45) is 0 Å². The van der Waals surface area contributed by atoms with E-state index < -0.39 is 5.97 Å². The predicted octanol–water partition coefficient (Wildman–Crippen LogP) is 2.57. The molecule has 1 aromatic carbocycles. The fraction of sp³-hybridized carbons (Fsp3) is 0.286. The summed E-state index contributed by atoms with van der Waals surface area (Å²) in [7, 11) is 0. The number of urea groups is 1. The Morgan fingerprint density at radius 2 is 1.95 bits per heavy atom. The molecule has 5 nitrogen and oxygen atoms in total. The molecule has 1 aliphatic rings. The Hall–Kier alpha value is -2.30. The number of benzene rings is 1. The van der Waals surface area contributed by atoms with Crippen LogP contribution in [0.3, 0.4) is 0 Å². The van der Waals surface area contributed by atoms with Crippen LogP contribution in [0.15, 0.2) is 35.9 Å². The first-order valence-corrected chi connectivity index (χ1v) is 6.11. The molecule has 0 aromatic heterocycles. The minimum absolute atomic E-state index is 0.160. The molecule has 5 heteroatoms. The highest BCUT2D eigenvalue weighted by atomic mass is 16.4. The first-order chi connectivity index (χ1) is 9.06. The fourth-order valence-electron chi connectivity index (χ4n) is 1.85. The predicted molar refractivity (Wildman–Crippen MR) is 72.4 cm³/mol. The van der Waals surface area contributed by atoms with E-state index in [1.807, 2.05) is 6.08 Å². The van der Waals surface area contributed by atoms with Crippen molar-refractivity contribution < 1.29 is 14.7 Å². The lowest BCUT2D eigenvalue weighted by atomic mass is 10.1. The summed E-state index contributed by atoms with van der Waals surface area (Å²) >= 11 is 0. The lowest BCUT2D eigenvalue weighted by molar-refractivity contribution is 0.0697. The Labute approximate surface area is 111 Å². The highest BCUT2D eigenvalue weighted by Gasteiger charge is 2.15. The molecule has 0 saturated carbocycles. The van der Waals surface area contributed by atoms with Crippen LogP contribution in [0.25, 0.3) is 0 Å². The van der Waals surface area contributed by atoms with Crippen molar-refractivity contribution in [1.82, 2.24) is 4.90 Å². The normalized spacial score (nSPS) is 14.8. The van der Waals surface area contributed by atoms with Gasteiger partial charge in [0, 0.05) is 18.8 Å². The lowest BCUT2D eigenvalue weighted by Crippen LogP contribution is -2.37. The van der Waals surface area contributed by atoms with Crippen LogP contribution in [-0.2, 0) is 0 Å². The highest BCUT2D eigenvalue weighted by molar-refractivity contribution is 5.91. The SMILES string of the molecule is CC1=CCN(C(=O)Nc2ccc(C(=O)O)cc2)CC1. The zero-order valence-electron chi connectivity index (χ0n) is 10.7. The minimum atomic E-state index is -0.977. The van der Waals surface area contributed by atoms with Crippen molar-refractivity contribution in [3.8, 4) is 0 Å². The van der Waals surface area contributed by atoms with Crippen molar-refractivity contribution in [3.63, 3.8) is 0 Å². The molecule has 19 heavy (non-hydrogen) atoms. The maximum atomic E-state index is 12.0. The molecule has 1 aliphatic heterocycles. The summed E-state index contributed by atoms with van der Waals surface area (Å²) in [6, 6.07) is 5.96. The summed E-state index contributed by atoms with van der Waals surface area (Å²) in [5.74, 6) is -0.977. The molecule has 0 spiro atoms. The molecule has 2 amide bonds. The van der Waals surface area contributed by atoms with E-state index in [2.05, 4.69) is 12.2 Å². The van der Waals surface area contributed by atoms with E-state index in [0.29, 0.717) is 18.8 Å². The standard InChI is InChI=1S/C14H16N2O3/c1-10-6-8-16(9-7-10)14(19)15-12-4-2-11(3-5-12)13(17)18/h2-6H,7-9H2,1H3,(H,15,19)(H,17,18). The second-order valence-electron chi connectivity index (χ2n) is 4.56. The third-order valence-electron chi connectivity index (χ3n) is 3.11. The number of hydrogen-bond donors (Lipinski definition) is 2. The van der Waals surface area contributed by atoms with Gasteiger partial charge in [-0.05, 0) is 37.6 Å². The summed E-state index contributed by atoms with van der Waals surface area (Å²) in [5.41, 5.74) is 2.10. The number of carboxylic acid groups (broad SMARTS) is 1. The van der Waals surface area contributed by atoms with Crippen molar-refractivity contribution in [1.29, 1.82) is 0 Å². The molecular formula is C14H16N2O3. The zero-order valence-corrected chi connectivity index (χ0v) is 10.7. The van der Waals surface area contributed by atoms with Gasteiger partial charge in [-0.1, -0.05) is 11.6 Å². The van der Waals surface area contributed by atoms with Crippen LogP contribution in [0.2, 0.25) is 0 Å². The molecule has 100 valence electrons. The third kappa shape index (κ3) is 3.34. The van der Waals surface area contributed by atoms with Crippen molar-refractivity contribution in [3.05, 3.63) is 41.5 Å². The molecule has 1 aromatic rings. The number of anilines is 1. The van der Waals surface area contributed by atoms with E-state index in [9.17, 15) is 9.59 Å². The minimum Gasteiger partial charge on any atom is -0.478 e. The largest absolute Gasteiger partial charge is 0.478 e. The van der Waals surface area contributed by atoms with Gasteiger partial charge in [-0.15, -0.1) is 0 Å². The van der Waals surface area contributed by atoms with E-state index >= 15 is 0 Å². The second-order valence-corrected chi connectivity index (χ2v) is 4.56. The Kier molecular flexibility index (Phi) is 3.85. The Bertz CT molecular complexity index is 520. The van der Waals surface area contributed by atoms with Crippen LogP contribution in [0.4, 0.5) is 10.5 Å². The van der Waals surface area contributed by atoms with E-state index in [1.54, 1.807) is 17.0 Å². The highest BCUT2D eigenvalue weighted by Crippen LogP contribution is 2.13. The van der Waals surface area contributed by atoms with Gasteiger partial charge in [-0.25, -0.2) is 9.59 Å². The molecule has 0 unspecified atom stereocenters. The van der Waals surface area contributed by atoms with Gasteiger partial charge in [0.2, 0.25) is 0 Å². The first kappa shape index (κ1) is 13.1. The first-order valence-electron chi connectivity index (χ1n) is 6.11. The average Bonchev–Trinajstić information content (AvgIpc) is 2.40. The molecule has 0 fully saturated rings. The number of carboxylic acids is 1. The maximum Gasteiger partial charge on any atom is 0.335 e. The maximum absolute atomic E-state index is 12.0. The Morgan fingerprint density at radius 3 is 2.47 bits per heavy atom. The van der Waals surface area contributed by atoms with Gasteiger partial charge < -0.3 is 15.3 Å². The zero-order chi connectivity index (χ0) is 13.8.